The molecular weight excluding hydrogens is 342 g/mol. The van der Waals surface area contributed by atoms with Crippen LogP contribution in [0.2, 0.25) is 0 Å². The van der Waals surface area contributed by atoms with Crippen LogP contribution in [0.25, 0.3) is 11.4 Å². The van der Waals surface area contributed by atoms with Gasteiger partial charge in [0, 0.05) is 43.0 Å². The molecule has 0 unspecified atom stereocenters. The number of hydrogen-bond donors (Lipinski definition) is 2. The Hall–Kier alpha value is -3.22. The average Bonchev–Trinajstić information content (AvgIpc) is 3.21. The second-order valence-electron chi connectivity index (χ2n) is 6.81. The van der Waals surface area contributed by atoms with E-state index in [9.17, 15) is 9.59 Å². The topological polar surface area (TPSA) is 94.7 Å². The monoisotopic (exact) mass is 363 g/mol. The van der Waals surface area contributed by atoms with Crippen molar-refractivity contribution < 1.29 is 4.79 Å². The zero-order chi connectivity index (χ0) is 18.8. The number of carbonyl (C=O) groups excluding carboxylic acids is 1. The molecule has 7 nitrogen and oxygen atoms in total. The Bertz CT molecular complexity index is 1000. The molecule has 0 saturated carbocycles. The fraction of sp³-hybridized carbons (Fsp3) is 0.300. The number of aromatic amines is 2. The number of benzene rings is 1. The van der Waals surface area contributed by atoms with Gasteiger partial charge in [-0.25, -0.2) is 9.97 Å². The van der Waals surface area contributed by atoms with Gasteiger partial charge in [0.2, 0.25) is 0 Å². The van der Waals surface area contributed by atoms with Crippen LogP contribution in [-0.2, 0) is 0 Å². The van der Waals surface area contributed by atoms with Gasteiger partial charge in [0.05, 0.1) is 11.3 Å². The highest BCUT2D eigenvalue weighted by molar-refractivity contribution is 6.00. The molecule has 0 spiro atoms. The summed E-state index contributed by atoms with van der Waals surface area (Å²) in [6.45, 7) is 3.07. The van der Waals surface area contributed by atoms with Crippen LogP contribution in [0, 0.1) is 6.92 Å². The standard InChI is InChI=1S/C20H21N5O2/c1-13-23-17(12-18(26)24-13)14-6-10-25(11-7-14)20(27)16-5-3-2-4-15(16)19-21-8-9-22-19/h2-5,8-9,12,14H,6-7,10-11H2,1H3,(H,21,22)(H,23,24,26). The van der Waals surface area contributed by atoms with E-state index >= 15 is 0 Å². The van der Waals surface area contributed by atoms with Crippen LogP contribution in [0.1, 0.15) is 40.6 Å². The number of rotatable bonds is 3. The molecular formula is C20H21N5O2. The largest absolute Gasteiger partial charge is 0.345 e. The first-order chi connectivity index (χ1) is 13.1. The van der Waals surface area contributed by atoms with Crippen LogP contribution in [0.3, 0.4) is 0 Å². The molecule has 1 aromatic carbocycles. The number of likely N-dealkylation sites (tertiary alicyclic amines) is 1. The first kappa shape index (κ1) is 17.2. The van der Waals surface area contributed by atoms with Gasteiger partial charge >= 0.3 is 0 Å². The zero-order valence-electron chi connectivity index (χ0n) is 15.1. The number of nitrogens with zero attached hydrogens (tertiary/aromatic N) is 3. The van der Waals surface area contributed by atoms with E-state index in [0.717, 1.165) is 24.1 Å². The number of amides is 1. The predicted molar refractivity (Wildman–Crippen MR) is 101 cm³/mol. The van der Waals surface area contributed by atoms with E-state index in [4.69, 9.17) is 0 Å². The van der Waals surface area contributed by atoms with Crippen LogP contribution in [0.15, 0.2) is 47.5 Å². The lowest BCUT2D eigenvalue weighted by atomic mass is 9.92. The van der Waals surface area contributed by atoms with Crippen LogP contribution < -0.4 is 5.56 Å². The van der Waals surface area contributed by atoms with E-state index in [0.29, 0.717) is 30.3 Å². The lowest BCUT2D eigenvalue weighted by molar-refractivity contribution is 0.0712. The summed E-state index contributed by atoms with van der Waals surface area (Å²) in [6.07, 6.45) is 5.02. The summed E-state index contributed by atoms with van der Waals surface area (Å²) >= 11 is 0. The van der Waals surface area contributed by atoms with Crippen LogP contribution in [0.5, 0.6) is 0 Å². The lowest BCUT2D eigenvalue weighted by Gasteiger charge is -2.32. The van der Waals surface area contributed by atoms with Crippen LogP contribution in [-0.4, -0.2) is 43.8 Å². The van der Waals surface area contributed by atoms with Gasteiger partial charge in [0.25, 0.3) is 11.5 Å². The summed E-state index contributed by atoms with van der Waals surface area (Å²) in [5.74, 6) is 1.53. The number of nitrogens with one attached hydrogen (secondary N) is 2. The third-order valence-corrected chi connectivity index (χ3v) is 4.99. The Morgan fingerprint density at radius 3 is 2.70 bits per heavy atom. The number of aromatic nitrogens is 4. The first-order valence-corrected chi connectivity index (χ1v) is 9.08. The fourth-order valence-electron chi connectivity index (χ4n) is 3.65. The highest BCUT2D eigenvalue weighted by Gasteiger charge is 2.27. The van der Waals surface area contributed by atoms with Crippen molar-refractivity contribution in [3.8, 4) is 11.4 Å². The SMILES string of the molecule is Cc1nc(C2CCN(C(=O)c3ccccc3-c3ncc[nH]3)CC2)cc(=O)[nH]1. The molecule has 1 amide bonds. The van der Waals surface area contributed by atoms with Crippen molar-refractivity contribution in [2.24, 2.45) is 0 Å². The van der Waals surface area contributed by atoms with Gasteiger partial charge < -0.3 is 14.9 Å². The minimum atomic E-state index is -0.122. The van der Waals surface area contributed by atoms with Gasteiger partial charge in [0.15, 0.2) is 0 Å². The van der Waals surface area contributed by atoms with Crippen molar-refractivity contribution in [3.05, 3.63) is 70.2 Å². The Labute approximate surface area is 156 Å². The summed E-state index contributed by atoms with van der Waals surface area (Å²) in [4.78, 5) is 41.1. The quantitative estimate of drug-likeness (QED) is 0.747. The maximum absolute atomic E-state index is 13.1. The molecule has 27 heavy (non-hydrogen) atoms. The van der Waals surface area contributed by atoms with Gasteiger partial charge in [-0.2, -0.15) is 0 Å². The van der Waals surface area contributed by atoms with E-state index in [1.54, 1.807) is 25.4 Å². The van der Waals surface area contributed by atoms with Crippen LogP contribution >= 0.6 is 0 Å². The van der Waals surface area contributed by atoms with Crippen molar-refractivity contribution >= 4 is 5.91 Å². The summed E-state index contributed by atoms with van der Waals surface area (Å²) in [6, 6.07) is 9.09. The van der Waals surface area contributed by atoms with E-state index in [1.807, 2.05) is 29.2 Å². The molecule has 7 heteroatoms. The smallest absolute Gasteiger partial charge is 0.254 e. The van der Waals surface area contributed by atoms with Gasteiger partial charge in [-0.15, -0.1) is 0 Å². The second kappa shape index (κ2) is 7.19. The fourth-order valence-corrected chi connectivity index (χ4v) is 3.65. The molecule has 0 bridgehead atoms. The Morgan fingerprint density at radius 1 is 1.22 bits per heavy atom. The van der Waals surface area contributed by atoms with Gasteiger partial charge in [-0.3, -0.25) is 9.59 Å². The van der Waals surface area contributed by atoms with Gasteiger partial charge in [0.1, 0.15) is 11.6 Å². The molecule has 0 radical (unpaired) electrons. The molecule has 2 aromatic heterocycles. The van der Waals surface area contributed by atoms with Crippen molar-refractivity contribution in [1.82, 2.24) is 24.8 Å². The third kappa shape index (κ3) is 3.53. The number of hydrogen-bond acceptors (Lipinski definition) is 4. The molecule has 2 N–H and O–H groups in total. The molecule has 138 valence electrons. The van der Waals surface area contributed by atoms with Gasteiger partial charge in [-0.1, -0.05) is 18.2 Å². The number of H-pyrrole nitrogens is 2. The minimum Gasteiger partial charge on any atom is -0.345 e. The average molecular weight is 363 g/mol. The van der Waals surface area contributed by atoms with E-state index < -0.39 is 0 Å². The molecule has 1 aliphatic heterocycles. The van der Waals surface area contributed by atoms with E-state index in [1.165, 1.54) is 0 Å². The van der Waals surface area contributed by atoms with Crippen molar-refractivity contribution in [3.63, 3.8) is 0 Å². The third-order valence-electron chi connectivity index (χ3n) is 4.99. The molecule has 0 atom stereocenters. The summed E-state index contributed by atoms with van der Waals surface area (Å²) in [5, 5.41) is 0. The lowest BCUT2D eigenvalue weighted by Crippen LogP contribution is -2.38. The predicted octanol–water partition coefficient (Wildman–Crippen LogP) is 2.49. The van der Waals surface area contributed by atoms with Crippen molar-refractivity contribution in [2.45, 2.75) is 25.7 Å². The maximum Gasteiger partial charge on any atom is 0.254 e. The molecule has 1 aliphatic rings. The summed E-state index contributed by atoms with van der Waals surface area (Å²) in [5.41, 5.74) is 2.15. The van der Waals surface area contributed by atoms with E-state index in [2.05, 4.69) is 19.9 Å². The summed E-state index contributed by atoms with van der Waals surface area (Å²) < 4.78 is 0. The van der Waals surface area contributed by atoms with Crippen LogP contribution in [0.4, 0.5) is 0 Å². The maximum atomic E-state index is 13.1. The van der Waals surface area contributed by atoms with E-state index in [-0.39, 0.29) is 17.4 Å². The minimum absolute atomic E-state index is 0.00972. The Balaban J connectivity index is 1.51. The highest BCUT2D eigenvalue weighted by Crippen LogP contribution is 2.28. The molecule has 3 heterocycles. The highest BCUT2D eigenvalue weighted by atomic mass is 16.2. The molecule has 3 aromatic rings. The van der Waals surface area contributed by atoms with Gasteiger partial charge in [-0.05, 0) is 25.8 Å². The number of imidazole rings is 1. The Kier molecular flexibility index (Phi) is 4.58. The zero-order valence-corrected chi connectivity index (χ0v) is 15.1. The number of carbonyl (C=O) groups is 1. The second-order valence-corrected chi connectivity index (χ2v) is 6.81. The number of aryl methyl sites for hydroxylation is 1. The molecule has 0 aliphatic carbocycles. The Morgan fingerprint density at radius 2 is 2.00 bits per heavy atom. The molecule has 4 rings (SSSR count). The normalized spacial score (nSPS) is 15.1. The van der Waals surface area contributed by atoms with Crippen molar-refractivity contribution in [1.29, 1.82) is 0 Å². The van der Waals surface area contributed by atoms with Crippen molar-refractivity contribution in [2.75, 3.05) is 13.1 Å². The summed E-state index contributed by atoms with van der Waals surface area (Å²) in [7, 11) is 0. The molecule has 1 fully saturated rings. The molecule has 1 saturated heterocycles. The number of piperidine rings is 1. The first-order valence-electron chi connectivity index (χ1n) is 9.08.